The standard InChI is InChI=1S/C12H20N4O2/c1-2-18-12-10(13)11(15-7-16-12)14-6-8-3-4-9(17)5-8/h7-9,17H,2-6,13H2,1H3,(H,14,15,16). The fourth-order valence-electron chi connectivity index (χ4n) is 2.25. The molecule has 0 aliphatic heterocycles. The molecular formula is C12H20N4O2. The summed E-state index contributed by atoms with van der Waals surface area (Å²) < 4.78 is 5.31. The molecule has 1 heterocycles. The van der Waals surface area contributed by atoms with Gasteiger partial charge in [-0.15, -0.1) is 0 Å². The van der Waals surface area contributed by atoms with E-state index in [1.54, 1.807) is 0 Å². The number of nitrogens with two attached hydrogens (primary N) is 1. The van der Waals surface area contributed by atoms with Gasteiger partial charge in [0, 0.05) is 6.54 Å². The van der Waals surface area contributed by atoms with Crippen molar-refractivity contribution in [3.05, 3.63) is 6.33 Å². The van der Waals surface area contributed by atoms with Crippen molar-refractivity contribution in [3.8, 4) is 5.88 Å². The molecule has 0 radical (unpaired) electrons. The van der Waals surface area contributed by atoms with Crippen LogP contribution < -0.4 is 15.8 Å². The van der Waals surface area contributed by atoms with Crippen LogP contribution in [0.1, 0.15) is 26.2 Å². The van der Waals surface area contributed by atoms with Gasteiger partial charge in [0.05, 0.1) is 12.7 Å². The molecule has 1 aliphatic rings. The van der Waals surface area contributed by atoms with Gasteiger partial charge in [-0.1, -0.05) is 0 Å². The average Bonchev–Trinajstić information content (AvgIpc) is 2.77. The van der Waals surface area contributed by atoms with E-state index in [-0.39, 0.29) is 6.10 Å². The van der Waals surface area contributed by atoms with Gasteiger partial charge in [-0.2, -0.15) is 4.98 Å². The third kappa shape index (κ3) is 3.01. The number of ether oxygens (including phenoxy) is 1. The number of aromatic nitrogens is 2. The van der Waals surface area contributed by atoms with Gasteiger partial charge in [-0.3, -0.25) is 0 Å². The van der Waals surface area contributed by atoms with Gasteiger partial charge in [-0.05, 0) is 32.1 Å². The van der Waals surface area contributed by atoms with E-state index >= 15 is 0 Å². The smallest absolute Gasteiger partial charge is 0.242 e. The van der Waals surface area contributed by atoms with Crippen molar-refractivity contribution in [1.29, 1.82) is 0 Å². The molecule has 0 saturated heterocycles. The van der Waals surface area contributed by atoms with E-state index in [4.69, 9.17) is 10.5 Å². The van der Waals surface area contributed by atoms with E-state index in [0.717, 1.165) is 25.8 Å². The fourth-order valence-corrected chi connectivity index (χ4v) is 2.25. The molecule has 1 saturated carbocycles. The van der Waals surface area contributed by atoms with Crippen molar-refractivity contribution in [3.63, 3.8) is 0 Å². The van der Waals surface area contributed by atoms with Crippen LogP contribution in [0.5, 0.6) is 5.88 Å². The van der Waals surface area contributed by atoms with Crippen LogP contribution in [-0.2, 0) is 0 Å². The van der Waals surface area contributed by atoms with Crippen LogP contribution in [0.15, 0.2) is 6.33 Å². The maximum absolute atomic E-state index is 9.47. The molecule has 2 unspecified atom stereocenters. The molecule has 1 aromatic rings. The lowest BCUT2D eigenvalue weighted by molar-refractivity contribution is 0.178. The monoisotopic (exact) mass is 252 g/mol. The first-order chi connectivity index (χ1) is 8.70. The highest BCUT2D eigenvalue weighted by Gasteiger charge is 2.22. The maximum atomic E-state index is 9.47. The Morgan fingerprint density at radius 3 is 3.00 bits per heavy atom. The van der Waals surface area contributed by atoms with Gasteiger partial charge in [0.1, 0.15) is 12.0 Å². The minimum absolute atomic E-state index is 0.154. The first-order valence-corrected chi connectivity index (χ1v) is 6.36. The lowest BCUT2D eigenvalue weighted by Crippen LogP contribution is -2.15. The molecule has 0 amide bonds. The summed E-state index contributed by atoms with van der Waals surface area (Å²) in [6, 6.07) is 0. The molecule has 1 fully saturated rings. The van der Waals surface area contributed by atoms with Crippen molar-refractivity contribution >= 4 is 11.5 Å². The van der Waals surface area contributed by atoms with Crippen molar-refractivity contribution in [1.82, 2.24) is 9.97 Å². The van der Waals surface area contributed by atoms with E-state index < -0.39 is 0 Å². The highest BCUT2D eigenvalue weighted by Crippen LogP contribution is 2.28. The zero-order valence-corrected chi connectivity index (χ0v) is 10.6. The topological polar surface area (TPSA) is 93.3 Å². The summed E-state index contributed by atoms with van der Waals surface area (Å²) in [7, 11) is 0. The van der Waals surface area contributed by atoms with Gasteiger partial charge in [0.25, 0.3) is 0 Å². The number of nitrogens with zero attached hydrogens (tertiary/aromatic N) is 2. The van der Waals surface area contributed by atoms with E-state index in [1.165, 1.54) is 6.33 Å². The molecule has 6 nitrogen and oxygen atoms in total. The number of aliphatic hydroxyl groups excluding tert-OH is 1. The number of rotatable bonds is 5. The van der Waals surface area contributed by atoms with E-state index in [0.29, 0.717) is 29.9 Å². The van der Waals surface area contributed by atoms with Crippen LogP contribution in [0.3, 0.4) is 0 Å². The average molecular weight is 252 g/mol. The van der Waals surface area contributed by atoms with Gasteiger partial charge < -0.3 is 20.9 Å². The Bertz CT molecular complexity index is 400. The lowest BCUT2D eigenvalue weighted by Gasteiger charge is -2.14. The number of hydrogen-bond acceptors (Lipinski definition) is 6. The predicted molar refractivity (Wildman–Crippen MR) is 69.5 cm³/mol. The van der Waals surface area contributed by atoms with Crippen molar-refractivity contribution in [2.45, 2.75) is 32.3 Å². The molecule has 1 aliphatic carbocycles. The molecule has 0 aromatic carbocycles. The summed E-state index contributed by atoms with van der Waals surface area (Å²) in [4.78, 5) is 8.09. The van der Waals surface area contributed by atoms with Crippen molar-refractivity contribution in [2.24, 2.45) is 5.92 Å². The normalized spacial score (nSPS) is 23.0. The molecule has 2 rings (SSSR count). The SMILES string of the molecule is CCOc1ncnc(NCC2CCC(O)C2)c1N. The van der Waals surface area contributed by atoms with E-state index in [2.05, 4.69) is 15.3 Å². The number of hydrogen-bond donors (Lipinski definition) is 3. The Kier molecular flexibility index (Phi) is 4.19. The zero-order chi connectivity index (χ0) is 13.0. The highest BCUT2D eigenvalue weighted by atomic mass is 16.5. The molecule has 0 bridgehead atoms. The van der Waals surface area contributed by atoms with Gasteiger partial charge in [0.2, 0.25) is 5.88 Å². The largest absolute Gasteiger partial charge is 0.476 e. The number of anilines is 2. The van der Waals surface area contributed by atoms with Crippen molar-refractivity contribution < 1.29 is 9.84 Å². The summed E-state index contributed by atoms with van der Waals surface area (Å²) in [6.45, 7) is 3.17. The van der Waals surface area contributed by atoms with Gasteiger partial charge in [0.15, 0.2) is 5.82 Å². The molecule has 4 N–H and O–H groups in total. The lowest BCUT2D eigenvalue weighted by atomic mass is 10.1. The Morgan fingerprint density at radius 1 is 1.50 bits per heavy atom. The van der Waals surface area contributed by atoms with Crippen LogP contribution >= 0.6 is 0 Å². The second-order valence-electron chi connectivity index (χ2n) is 4.59. The van der Waals surface area contributed by atoms with Gasteiger partial charge in [-0.25, -0.2) is 4.98 Å². The first kappa shape index (κ1) is 12.9. The number of nitrogens with one attached hydrogen (secondary N) is 1. The number of nitrogen functional groups attached to an aromatic ring is 1. The Hall–Kier alpha value is -1.56. The third-order valence-corrected chi connectivity index (χ3v) is 3.20. The van der Waals surface area contributed by atoms with Crippen LogP contribution in [0, 0.1) is 5.92 Å². The fraction of sp³-hybridized carbons (Fsp3) is 0.667. The zero-order valence-electron chi connectivity index (χ0n) is 10.6. The van der Waals surface area contributed by atoms with Crippen molar-refractivity contribution in [2.75, 3.05) is 24.2 Å². The highest BCUT2D eigenvalue weighted by molar-refractivity contribution is 5.66. The second-order valence-corrected chi connectivity index (χ2v) is 4.59. The minimum atomic E-state index is -0.154. The first-order valence-electron chi connectivity index (χ1n) is 6.36. The summed E-state index contributed by atoms with van der Waals surface area (Å²) in [6.07, 6.45) is 4.05. The molecule has 6 heteroatoms. The third-order valence-electron chi connectivity index (χ3n) is 3.20. The summed E-state index contributed by atoms with van der Waals surface area (Å²) >= 11 is 0. The minimum Gasteiger partial charge on any atom is -0.476 e. The Morgan fingerprint density at radius 2 is 2.33 bits per heavy atom. The predicted octanol–water partition coefficient (Wildman–Crippen LogP) is 1.03. The van der Waals surface area contributed by atoms with E-state index in [9.17, 15) is 5.11 Å². The summed E-state index contributed by atoms with van der Waals surface area (Å²) in [5.41, 5.74) is 6.36. The maximum Gasteiger partial charge on any atom is 0.242 e. The van der Waals surface area contributed by atoms with Gasteiger partial charge >= 0.3 is 0 Å². The summed E-state index contributed by atoms with van der Waals surface area (Å²) in [5.74, 6) is 1.50. The molecule has 2 atom stereocenters. The molecule has 18 heavy (non-hydrogen) atoms. The van der Waals surface area contributed by atoms with Crippen LogP contribution in [0.25, 0.3) is 0 Å². The Balaban J connectivity index is 1.94. The number of aliphatic hydroxyl groups is 1. The van der Waals surface area contributed by atoms with Crippen LogP contribution in [0.2, 0.25) is 0 Å². The molecule has 100 valence electrons. The molecule has 1 aromatic heterocycles. The molecular weight excluding hydrogens is 232 g/mol. The second kappa shape index (κ2) is 5.86. The van der Waals surface area contributed by atoms with Crippen LogP contribution in [-0.4, -0.2) is 34.3 Å². The van der Waals surface area contributed by atoms with Crippen LogP contribution in [0.4, 0.5) is 11.5 Å². The molecule has 0 spiro atoms. The Labute approximate surface area is 107 Å². The summed E-state index contributed by atoms with van der Waals surface area (Å²) in [5, 5.41) is 12.7. The van der Waals surface area contributed by atoms with E-state index in [1.807, 2.05) is 6.92 Å². The quantitative estimate of drug-likeness (QED) is 0.724.